The zero-order valence-corrected chi connectivity index (χ0v) is 10.3. The lowest BCUT2D eigenvalue weighted by molar-refractivity contribution is 0.250. The Bertz CT molecular complexity index is 693. The van der Waals surface area contributed by atoms with Gasteiger partial charge in [0.05, 0.1) is 0 Å². The van der Waals surface area contributed by atoms with Gasteiger partial charge in [0.1, 0.15) is 17.0 Å². The van der Waals surface area contributed by atoms with Crippen molar-refractivity contribution in [1.82, 2.24) is 0 Å². The molecule has 4 nitrogen and oxygen atoms in total. The van der Waals surface area contributed by atoms with Crippen LogP contribution in [0.15, 0.2) is 35.3 Å². The molecule has 1 fully saturated rings. The van der Waals surface area contributed by atoms with Gasteiger partial charge in [0, 0.05) is 5.56 Å². The van der Waals surface area contributed by atoms with Gasteiger partial charge in [-0.1, -0.05) is 12.1 Å². The van der Waals surface area contributed by atoms with Crippen molar-refractivity contribution in [2.24, 2.45) is 4.99 Å². The number of phenols is 2. The Balaban J connectivity index is 2.35. The molecule has 2 N–H and O–H groups in total. The van der Waals surface area contributed by atoms with Crippen LogP contribution in [-0.4, -0.2) is 16.3 Å². The van der Waals surface area contributed by atoms with Crippen molar-refractivity contribution in [3.05, 3.63) is 35.9 Å². The first-order valence-electron chi connectivity index (χ1n) is 6.20. The first-order chi connectivity index (χ1) is 9.16. The standard InChI is InChI=1S/C15H13NO3/c17-9-16-15(6-1-7-15)14-12-8-11(18)4-2-10(12)3-5-13(14)19/h2-5,8,18-19H,1,6-7H2. The minimum absolute atomic E-state index is 0.108. The molecule has 0 spiro atoms. The zero-order chi connectivity index (χ0) is 13.5. The van der Waals surface area contributed by atoms with Gasteiger partial charge in [-0.15, -0.1) is 0 Å². The van der Waals surface area contributed by atoms with E-state index in [1.807, 2.05) is 0 Å². The number of hydrogen-bond donors (Lipinski definition) is 2. The minimum Gasteiger partial charge on any atom is -0.508 e. The van der Waals surface area contributed by atoms with Gasteiger partial charge in [0.2, 0.25) is 6.08 Å². The largest absolute Gasteiger partial charge is 0.508 e. The number of rotatable bonds is 2. The first-order valence-corrected chi connectivity index (χ1v) is 6.20. The normalized spacial score (nSPS) is 16.6. The number of carbonyl (C=O) groups excluding carboxylic acids is 1. The van der Waals surface area contributed by atoms with Crippen LogP contribution < -0.4 is 0 Å². The van der Waals surface area contributed by atoms with Gasteiger partial charge in [-0.3, -0.25) is 0 Å². The molecule has 0 aromatic heterocycles. The lowest BCUT2D eigenvalue weighted by Crippen LogP contribution is -2.32. The van der Waals surface area contributed by atoms with E-state index in [9.17, 15) is 15.0 Å². The number of hydrogen-bond acceptors (Lipinski definition) is 4. The summed E-state index contributed by atoms with van der Waals surface area (Å²) < 4.78 is 0. The molecule has 2 aromatic carbocycles. The second kappa shape index (κ2) is 4.11. The summed E-state index contributed by atoms with van der Waals surface area (Å²) >= 11 is 0. The number of phenolic OH excluding ortho intramolecular Hbond substituents is 2. The Kier molecular flexibility index (Phi) is 2.54. The third kappa shape index (κ3) is 1.69. The SMILES string of the molecule is O=C=NC1(c2c(O)ccc3ccc(O)cc23)CCC1. The van der Waals surface area contributed by atoms with Gasteiger partial charge in [-0.25, -0.2) is 4.79 Å². The molecule has 0 unspecified atom stereocenters. The average molecular weight is 255 g/mol. The molecular formula is C15H13NO3. The van der Waals surface area contributed by atoms with E-state index in [4.69, 9.17) is 0 Å². The van der Waals surface area contributed by atoms with Gasteiger partial charge in [-0.05, 0) is 48.2 Å². The number of aliphatic imine (C=N–C) groups is 1. The van der Waals surface area contributed by atoms with Crippen LogP contribution in [-0.2, 0) is 10.3 Å². The Morgan fingerprint density at radius 1 is 1.16 bits per heavy atom. The average Bonchev–Trinajstić information content (AvgIpc) is 2.34. The predicted octanol–water partition coefficient (Wildman–Crippen LogP) is 2.97. The molecule has 0 aliphatic heterocycles. The van der Waals surface area contributed by atoms with E-state index in [1.54, 1.807) is 36.4 Å². The molecule has 2 aromatic rings. The number of fused-ring (bicyclic) bond motifs is 1. The van der Waals surface area contributed by atoms with Gasteiger partial charge in [0.25, 0.3) is 0 Å². The van der Waals surface area contributed by atoms with Crippen LogP contribution in [0.3, 0.4) is 0 Å². The fourth-order valence-corrected chi connectivity index (χ4v) is 2.80. The molecule has 19 heavy (non-hydrogen) atoms. The van der Waals surface area contributed by atoms with Crippen LogP contribution in [0.1, 0.15) is 24.8 Å². The quantitative estimate of drug-likeness (QED) is 0.640. The van der Waals surface area contributed by atoms with Crippen LogP contribution in [0.5, 0.6) is 11.5 Å². The number of benzene rings is 2. The van der Waals surface area contributed by atoms with Gasteiger partial charge < -0.3 is 10.2 Å². The van der Waals surface area contributed by atoms with Gasteiger partial charge in [-0.2, -0.15) is 4.99 Å². The maximum absolute atomic E-state index is 10.7. The molecule has 0 saturated heterocycles. The second-order valence-corrected chi connectivity index (χ2v) is 4.95. The van der Waals surface area contributed by atoms with E-state index in [1.165, 1.54) is 0 Å². The summed E-state index contributed by atoms with van der Waals surface area (Å²) in [5.74, 6) is 0.237. The molecule has 0 amide bonds. The summed E-state index contributed by atoms with van der Waals surface area (Å²) in [4.78, 5) is 14.6. The van der Waals surface area contributed by atoms with E-state index >= 15 is 0 Å². The van der Waals surface area contributed by atoms with E-state index in [0.29, 0.717) is 18.4 Å². The fourth-order valence-electron chi connectivity index (χ4n) is 2.80. The molecule has 0 atom stereocenters. The molecule has 0 heterocycles. The molecule has 4 heteroatoms. The van der Waals surface area contributed by atoms with Crippen LogP contribution in [0.25, 0.3) is 10.8 Å². The van der Waals surface area contributed by atoms with Crippen molar-refractivity contribution in [2.45, 2.75) is 24.8 Å². The number of isocyanates is 1. The maximum atomic E-state index is 10.7. The highest BCUT2D eigenvalue weighted by Gasteiger charge is 2.42. The molecule has 0 radical (unpaired) electrons. The maximum Gasteiger partial charge on any atom is 0.235 e. The summed E-state index contributed by atoms with van der Waals surface area (Å²) in [6.45, 7) is 0. The van der Waals surface area contributed by atoms with Crippen LogP contribution >= 0.6 is 0 Å². The van der Waals surface area contributed by atoms with Crippen molar-refractivity contribution in [2.75, 3.05) is 0 Å². The van der Waals surface area contributed by atoms with E-state index < -0.39 is 5.54 Å². The molecule has 1 aliphatic rings. The first kappa shape index (κ1) is 11.8. The molecule has 1 aliphatic carbocycles. The highest BCUT2D eigenvalue weighted by atomic mass is 16.3. The Morgan fingerprint density at radius 2 is 1.89 bits per heavy atom. The van der Waals surface area contributed by atoms with E-state index in [0.717, 1.165) is 17.2 Å². The van der Waals surface area contributed by atoms with Crippen LogP contribution in [0, 0.1) is 0 Å². The summed E-state index contributed by atoms with van der Waals surface area (Å²) in [6, 6.07) is 8.37. The fraction of sp³-hybridized carbons (Fsp3) is 0.267. The highest BCUT2D eigenvalue weighted by Crippen LogP contribution is 2.50. The minimum atomic E-state index is -0.681. The summed E-state index contributed by atoms with van der Waals surface area (Å²) in [5.41, 5.74) is -0.0606. The van der Waals surface area contributed by atoms with Crippen LogP contribution in [0.2, 0.25) is 0 Å². The molecule has 3 rings (SSSR count). The second-order valence-electron chi connectivity index (χ2n) is 4.95. The van der Waals surface area contributed by atoms with Crippen LogP contribution in [0.4, 0.5) is 0 Å². The zero-order valence-electron chi connectivity index (χ0n) is 10.3. The predicted molar refractivity (Wildman–Crippen MR) is 70.9 cm³/mol. The summed E-state index contributed by atoms with van der Waals surface area (Å²) in [6.07, 6.45) is 4.00. The lowest BCUT2D eigenvalue weighted by atomic mass is 9.70. The van der Waals surface area contributed by atoms with Crippen molar-refractivity contribution >= 4 is 16.9 Å². The molecular weight excluding hydrogens is 242 g/mol. The molecule has 0 bridgehead atoms. The van der Waals surface area contributed by atoms with E-state index in [-0.39, 0.29) is 11.5 Å². The third-order valence-electron chi connectivity index (χ3n) is 3.89. The monoisotopic (exact) mass is 255 g/mol. The van der Waals surface area contributed by atoms with Crippen molar-refractivity contribution in [1.29, 1.82) is 0 Å². The van der Waals surface area contributed by atoms with E-state index in [2.05, 4.69) is 4.99 Å². The summed E-state index contributed by atoms with van der Waals surface area (Å²) in [5, 5.41) is 21.4. The highest BCUT2D eigenvalue weighted by molar-refractivity contribution is 5.90. The van der Waals surface area contributed by atoms with Crippen molar-refractivity contribution < 1.29 is 15.0 Å². The smallest absolute Gasteiger partial charge is 0.235 e. The van der Waals surface area contributed by atoms with Gasteiger partial charge >= 0.3 is 0 Å². The Hall–Kier alpha value is -2.32. The Labute approximate surface area is 110 Å². The summed E-state index contributed by atoms with van der Waals surface area (Å²) in [7, 11) is 0. The number of nitrogens with zero attached hydrogens (tertiary/aromatic N) is 1. The van der Waals surface area contributed by atoms with Gasteiger partial charge in [0.15, 0.2) is 0 Å². The van der Waals surface area contributed by atoms with Crippen molar-refractivity contribution in [3.63, 3.8) is 0 Å². The third-order valence-corrected chi connectivity index (χ3v) is 3.89. The topological polar surface area (TPSA) is 69.9 Å². The number of aromatic hydroxyl groups is 2. The molecule has 1 saturated carbocycles. The lowest BCUT2D eigenvalue weighted by Gasteiger charge is -2.38. The molecule has 96 valence electrons. The Morgan fingerprint density at radius 3 is 2.53 bits per heavy atom. The van der Waals surface area contributed by atoms with Crippen molar-refractivity contribution in [3.8, 4) is 11.5 Å².